The highest BCUT2D eigenvalue weighted by Gasteiger charge is 2.26. The van der Waals surface area contributed by atoms with Crippen molar-refractivity contribution in [3.63, 3.8) is 0 Å². The third-order valence-corrected chi connectivity index (χ3v) is 6.77. The van der Waals surface area contributed by atoms with Crippen LogP contribution in [-0.2, 0) is 23.1 Å². The van der Waals surface area contributed by atoms with Gasteiger partial charge in [0.1, 0.15) is 5.82 Å². The molecular formula is C16H14FNO2S3. The van der Waals surface area contributed by atoms with Crippen LogP contribution in [0.2, 0.25) is 0 Å². The number of hydrogen-bond acceptors (Lipinski definition) is 4. The lowest BCUT2D eigenvalue weighted by molar-refractivity contribution is 0.406. The predicted octanol–water partition coefficient (Wildman–Crippen LogP) is 4.34. The van der Waals surface area contributed by atoms with Crippen molar-refractivity contribution in [3.05, 3.63) is 74.9 Å². The summed E-state index contributed by atoms with van der Waals surface area (Å²) in [6, 6.07) is 12.7. The Balaban J connectivity index is 1.95. The Morgan fingerprint density at radius 1 is 0.913 bits per heavy atom. The van der Waals surface area contributed by atoms with Crippen LogP contribution in [0.5, 0.6) is 0 Å². The lowest BCUT2D eigenvalue weighted by Crippen LogP contribution is -2.29. The highest BCUT2D eigenvalue weighted by molar-refractivity contribution is 7.89. The van der Waals surface area contributed by atoms with Gasteiger partial charge in [-0.15, -0.1) is 22.7 Å². The molecule has 3 aromatic rings. The smallest absolute Gasteiger partial charge is 0.207 e. The van der Waals surface area contributed by atoms with Crippen LogP contribution in [0, 0.1) is 5.82 Å². The molecule has 0 aliphatic heterocycles. The molecule has 7 heteroatoms. The van der Waals surface area contributed by atoms with Crippen molar-refractivity contribution in [3.8, 4) is 0 Å². The summed E-state index contributed by atoms with van der Waals surface area (Å²) in [5.74, 6) is -0.557. The lowest BCUT2D eigenvalue weighted by atomic mass is 10.4. The van der Waals surface area contributed by atoms with E-state index in [0.717, 1.165) is 15.8 Å². The van der Waals surface area contributed by atoms with E-state index in [4.69, 9.17) is 0 Å². The molecule has 0 radical (unpaired) electrons. The first-order chi connectivity index (χ1) is 11.1. The van der Waals surface area contributed by atoms with Crippen LogP contribution in [0.15, 0.2) is 64.2 Å². The third-order valence-electron chi connectivity index (χ3n) is 3.26. The summed E-state index contributed by atoms with van der Waals surface area (Å²) in [7, 11) is -3.77. The maximum absolute atomic E-state index is 13.4. The quantitative estimate of drug-likeness (QED) is 0.650. The summed E-state index contributed by atoms with van der Waals surface area (Å²) in [6.45, 7) is 0.544. The summed E-state index contributed by atoms with van der Waals surface area (Å²) in [5.41, 5.74) is 0. The Morgan fingerprint density at radius 2 is 1.52 bits per heavy atom. The average Bonchev–Trinajstić information content (AvgIpc) is 3.20. The van der Waals surface area contributed by atoms with Crippen molar-refractivity contribution in [2.75, 3.05) is 0 Å². The standard InChI is InChI=1S/C16H14FNO2S3/c17-13-4-1-7-16(10-13)23(19,20)18(11-14-5-2-8-21-14)12-15-6-3-9-22-15/h1-10H,11-12H2. The molecule has 120 valence electrons. The Kier molecular flexibility index (Phi) is 4.91. The Bertz CT molecular complexity index is 822. The predicted molar refractivity (Wildman–Crippen MR) is 91.5 cm³/mol. The topological polar surface area (TPSA) is 37.4 Å². The van der Waals surface area contributed by atoms with E-state index in [9.17, 15) is 12.8 Å². The minimum absolute atomic E-state index is 0.0226. The number of rotatable bonds is 6. The molecule has 23 heavy (non-hydrogen) atoms. The van der Waals surface area contributed by atoms with Crippen molar-refractivity contribution < 1.29 is 12.8 Å². The van der Waals surface area contributed by atoms with Crippen LogP contribution in [0.25, 0.3) is 0 Å². The van der Waals surface area contributed by atoms with Crippen LogP contribution in [-0.4, -0.2) is 12.7 Å². The minimum atomic E-state index is -3.77. The average molecular weight is 367 g/mol. The van der Waals surface area contributed by atoms with Gasteiger partial charge in [-0.1, -0.05) is 18.2 Å². The molecule has 2 aromatic heterocycles. The van der Waals surface area contributed by atoms with Gasteiger partial charge in [-0.25, -0.2) is 12.8 Å². The molecule has 0 saturated carbocycles. The maximum atomic E-state index is 13.4. The van der Waals surface area contributed by atoms with Gasteiger partial charge in [-0.2, -0.15) is 4.31 Å². The molecule has 0 spiro atoms. The van der Waals surface area contributed by atoms with Gasteiger partial charge in [0.15, 0.2) is 0 Å². The number of nitrogens with zero attached hydrogens (tertiary/aromatic N) is 1. The van der Waals surface area contributed by atoms with Crippen molar-refractivity contribution in [2.45, 2.75) is 18.0 Å². The number of hydrogen-bond donors (Lipinski definition) is 0. The SMILES string of the molecule is O=S(=O)(c1cccc(F)c1)N(Cc1cccs1)Cc1cccs1. The molecular weight excluding hydrogens is 353 g/mol. The molecule has 3 rings (SSSR count). The largest absolute Gasteiger partial charge is 0.243 e. The molecule has 0 bridgehead atoms. The first-order valence-corrected chi connectivity index (χ1v) is 10.1. The molecule has 0 amide bonds. The molecule has 0 atom stereocenters. The van der Waals surface area contributed by atoms with E-state index >= 15 is 0 Å². The monoisotopic (exact) mass is 367 g/mol. The molecule has 0 aliphatic rings. The molecule has 2 heterocycles. The zero-order chi connectivity index (χ0) is 16.3. The zero-order valence-corrected chi connectivity index (χ0v) is 14.5. The van der Waals surface area contributed by atoms with Crippen LogP contribution in [0.1, 0.15) is 9.75 Å². The van der Waals surface area contributed by atoms with E-state index in [2.05, 4.69) is 0 Å². The second-order valence-corrected chi connectivity index (χ2v) is 8.89. The van der Waals surface area contributed by atoms with Gasteiger partial charge in [-0.3, -0.25) is 0 Å². The van der Waals surface area contributed by atoms with Gasteiger partial charge < -0.3 is 0 Å². The molecule has 0 saturated heterocycles. The van der Waals surface area contributed by atoms with E-state index in [1.807, 2.05) is 35.0 Å². The summed E-state index contributed by atoms with van der Waals surface area (Å²) in [6.07, 6.45) is 0. The van der Waals surface area contributed by atoms with Crippen LogP contribution < -0.4 is 0 Å². The fraction of sp³-hybridized carbons (Fsp3) is 0.125. The number of benzene rings is 1. The molecule has 0 unspecified atom stereocenters. The summed E-state index contributed by atoms with van der Waals surface area (Å²) in [4.78, 5) is 1.87. The molecule has 0 aliphatic carbocycles. The van der Waals surface area contributed by atoms with Crippen LogP contribution in [0.3, 0.4) is 0 Å². The lowest BCUT2D eigenvalue weighted by Gasteiger charge is -2.21. The second-order valence-electron chi connectivity index (χ2n) is 4.89. The van der Waals surface area contributed by atoms with Crippen molar-refractivity contribution in [2.24, 2.45) is 0 Å². The van der Waals surface area contributed by atoms with Gasteiger partial charge in [0.25, 0.3) is 0 Å². The Morgan fingerprint density at radius 3 is 2.00 bits per heavy atom. The highest BCUT2D eigenvalue weighted by Crippen LogP contribution is 2.24. The van der Waals surface area contributed by atoms with Crippen LogP contribution >= 0.6 is 22.7 Å². The normalized spacial score (nSPS) is 11.9. The fourth-order valence-electron chi connectivity index (χ4n) is 2.16. The van der Waals surface area contributed by atoms with E-state index in [-0.39, 0.29) is 18.0 Å². The molecule has 0 fully saturated rings. The summed E-state index contributed by atoms with van der Waals surface area (Å²) < 4.78 is 40.6. The first-order valence-electron chi connectivity index (χ1n) is 6.86. The highest BCUT2D eigenvalue weighted by atomic mass is 32.2. The Labute approximate surface area is 142 Å². The van der Waals surface area contributed by atoms with Crippen molar-refractivity contribution >= 4 is 32.7 Å². The van der Waals surface area contributed by atoms with E-state index in [1.54, 1.807) is 0 Å². The van der Waals surface area contributed by atoms with E-state index in [1.165, 1.54) is 45.2 Å². The molecule has 3 nitrogen and oxygen atoms in total. The number of thiophene rings is 2. The second kappa shape index (κ2) is 6.92. The molecule has 0 N–H and O–H groups in total. The van der Waals surface area contributed by atoms with E-state index in [0.29, 0.717) is 0 Å². The third kappa shape index (κ3) is 3.87. The van der Waals surface area contributed by atoms with E-state index < -0.39 is 15.8 Å². The maximum Gasteiger partial charge on any atom is 0.243 e. The number of sulfonamides is 1. The molecule has 1 aromatic carbocycles. The Hall–Kier alpha value is -1.54. The first kappa shape index (κ1) is 16.3. The van der Waals surface area contributed by atoms with Gasteiger partial charge in [-0.05, 0) is 41.1 Å². The van der Waals surface area contributed by atoms with Gasteiger partial charge in [0, 0.05) is 22.8 Å². The summed E-state index contributed by atoms with van der Waals surface area (Å²) >= 11 is 3.00. The van der Waals surface area contributed by atoms with Gasteiger partial charge in [0.05, 0.1) is 4.90 Å². The minimum Gasteiger partial charge on any atom is -0.207 e. The van der Waals surface area contributed by atoms with Crippen LogP contribution in [0.4, 0.5) is 4.39 Å². The zero-order valence-electron chi connectivity index (χ0n) is 12.1. The van der Waals surface area contributed by atoms with Gasteiger partial charge >= 0.3 is 0 Å². The van der Waals surface area contributed by atoms with Crippen molar-refractivity contribution in [1.82, 2.24) is 4.31 Å². The number of halogens is 1. The fourth-order valence-corrected chi connectivity index (χ4v) is 5.19. The summed E-state index contributed by atoms with van der Waals surface area (Å²) in [5, 5.41) is 3.82. The van der Waals surface area contributed by atoms with Crippen molar-refractivity contribution in [1.29, 1.82) is 0 Å². The van der Waals surface area contributed by atoms with Gasteiger partial charge in [0.2, 0.25) is 10.0 Å².